The molecule has 0 unspecified atom stereocenters. The molecule has 0 bridgehead atoms. The molecule has 1 rings (SSSR count). The molecular weight excluding hydrogens is 166 g/mol. The van der Waals surface area contributed by atoms with Crippen LogP contribution in [0.2, 0.25) is 0 Å². The van der Waals surface area contributed by atoms with Crippen LogP contribution in [-0.4, -0.2) is 17.4 Å². The summed E-state index contributed by atoms with van der Waals surface area (Å²) in [4.78, 5) is 0. The van der Waals surface area contributed by atoms with Crippen LogP contribution in [0.3, 0.4) is 0 Å². The average Bonchev–Trinajstić information content (AvgIpc) is 2.04. The van der Waals surface area contributed by atoms with Gasteiger partial charge in [0.1, 0.15) is 11.5 Å². The van der Waals surface area contributed by atoms with Gasteiger partial charge in [0.2, 0.25) is 0 Å². The van der Waals surface area contributed by atoms with Crippen LogP contribution in [0.25, 0.3) is 0 Å². The molecule has 3 nitrogen and oxygen atoms in total. The van der Waals surface area contributed by atoms with Gasteiger partial charge in [0.25, 0.3) is 0 Å². The van der Waals surface area contributed by atoms with Crippen molar-refractivity contribution in [2.24, 2.45) is 0 Å². The van der Waals surface area contributed by atoms with Gasteiger partial charge in [-0.3, -0.25) is 0 Å². The SMILES string of the molecule is CCOc1ccc(C(C)=N)c(O)c1. The Hall–Kier alpha value is -1.51. The lowest BCUT2D eigenvalue weighted by Gasteiger charge is -2.06. The standard InChI is InChI=1S/C10H13NO2/c1-3-13-8-4-5-9(7(2)11)10(12)6-8/h4-6,11-12H,3H2,1-2H3. The Morgan fingerprint density at radius 1 is 1.54 bits per heavy atom. The average molecular weight is 179 g/mol. The first-order valence-corrected chi connectivity index (χ1v) is 4.16. The van der Waals surface area contributed by atoms with E-state index in [1.807, 2.05) is 6.92 Å². The molecule has 0 aliphatic heterocycles. The normalized spacial score (nSPS) is 9.69. The minimum Gasteiger partial charge on any atom is -0.507 e. The summed E-state index contributed by atoms with van der Waals surface area (Å²) in [6.07, 6.45) is 0. The Kier molecular flexibility index (Phi) is 2.90. The van der Waals surface area contributed by atoms with Crippen molar-refractivity contribution in [1.29, 1.82) is 5.41 Å². The van der Waals surface area contributed by atoms with E-state index in [-0.39, 0.29) is 5.75 Å². The second-order valence-corrected chi connectivity index (χ2v) is 2.74. The molecule has 0 fully saturated rings. The van der Waals surface area contributed by atoms with Crippen molar-refractivity contribution in [3.05, 3.63) is 23.8 Å². The van der Waals surface area contributed by atoms with E-state index in [1.165, 1.54) is 6.07 Å². The largest absolute Gasteiger partial charge is 0.507 e. The molecule has 2 N–H and O–H groups in total. The summed E-state index contributed by atoms with van der Waals surface area (Å²) in [6.45, 7) is 4.09. The Labute approximate surface area is 77.5 Å². The van der Waals surface area contributed by atoms with Crippen molar-refractivity contribution in [2.45, 2.75) is 13.8 Å². The van der Waals surface area contributed by atoms with Crippen LogP contribution in [0.5, 0.6) is 11.5 Å². The summed E-state index contributed by atoms with van der Waals surface area (Å²) in [5.41, 5.74) is 0.893. The van der Waals surface area contributed by atoms with Gasteiger partial charge < -0.3 is 15.3 Å². The molecule has 0 radical (unpaired) electrons. The highest BCUT2D eigenvalue weighted by atomic mass is 16.5. The topological polar surface area (TPSA) is 53.3 Å². The van der Waals surface area contributed by atoms with Crippen LogP contribution in [0.4, 0.5) is 0 Å². The fourth-order valence-electron chi connectivity index (χ4n) is 1.09. The molecule has 0 saturated carbocycles. The van der Waals surface area contributed by atoms with E-state index in [0.717, 1.165) is 0 Å². The van der Waals surface area contributed by atoms with E-state index in [4.69, 9.17) is 10.1 Å². The van der Waals surface area contributed by atoms with Crippen LogP contribution in [0.1, 0.15) is 19.4 Å². The maximum absolute atomic E-state index is 9.47. The number of nitrogens with one attached hydrogen (secondary N) is 1. The van der Waals surface area contributed by atoms with Crippen molar-refractivity contribution in [2.75, 3.05) is 6.61 Å². The molecule has 0 saturated heterocycles. The van der Waals surface area contributed by atoms with Gasteiger partial charge >= 0.3 is 0 Å². The van der Waals surface area contributed by atoms with Crippen LogP contribution < -0.4 is 4.74 Å². The smallest absolute Gasteiger partial charge is 0.128 e. The lowest BCUT2D eigenvalue weighted by Crippen LogP contribution is -1.95. The van der Waals surface area contributed by atoms with Gasteiger partial charge in [0, 0.05) is 17.3 Å². The Balaban J connectivity index is 2.98. The molecule has 0 amide bonds. The highest BCUT2D eigenvalue weighted by Gasteiger charge is 2.04. The maximum Gasteiger partial charge on any atom is 0.128 e. The number of ether oxygens (including phenoxy) is 1. The summed E-state index contributed by atoms with van der Waals surface area (Å²) in [5, 5.41) is 16.8. The number of phenols is 1. The van der Waals surface area contributed by atoms with Crippen LogP contribution in [0, 0.1) is 5.41 Å². The van der Waals surface area contributed by atoms with Crippen molar-refractivity contribution in [1.82, 2.24) is 0 Å². The Morgan fingerprint density at radius 2 is 2.23 bits per heavy atom. The molecule has 70 valence electrons. The minimum atomic E-state index is 0.0958. The summed E-state index contributed by atoms with van der Waals surface area (Å²) in [6, 6.07) is 4.95. The summed E-state index contributed by atoms with van der Waals surface area (Å²) in [7, 11) is 0. The van der Waals surface area contributed by atoms with Gasteiger partial charge in [0.15, 0.2) is 0 Å². The summed E-state index contributed by atoms with van der Waals surface area (Å²) in [5.74, 6) is 0.725. The van der Waals surface area contributed by atoms with Gasteiger partial charge in [-0.1, -0.05) is 0 Å². The highest BCUT2D eigenvalue weighted by Crippen LogP contribution is 2.23. The number of hydrogen-bond acceptors (Lipinski definition) is 3. The highest BCUT2D eigenvalue weighted by molar-refractivity contribution is 5.98. The van der Waals surface area contributed by atoms with Crippen LogP contribution >= 0.6 is 0 Å². The van der Waals surface area contributed by atoms with Crippen molar-refractivity contribution < 1.29 is 9.84 Å². The quantitative estimate of drug-likeness (QED) is 0.699. The third-order valence-electron chi connectivity index (χ3n) is 1.68. The Morgan fingerprint density at radius 3 is 2.69 bits per heavy atom. The fourth-order valence-corrected chi connectivity index (χ4v) is 1.09. The number of aromatic hydroxyl groups is 1. The summed E-state index contributed by atoms with van der Waals surface area (Å²) < 4.78 is 5.19. The van der Waals surface area contributed by atoms with E-state index in [1.54, 1.807) is 19.1 Å². The van der Waals surface area contributed by atoms with Gasteiger partial charge in [-0.15, -0.1) is 0 Å². The van der Waals surface area contributed by atoms with E-state index >= 15 is 0 Å². The molecule has 0 aliphatic rings. The van der Waals surface area contributed by atoms with Crippen molar-refractivity contribution >= 4 is 5.71 Å². The summed E-state index contributed by atoms with van der Waals surface area (Å²) >= 11 is 0. The maximum atomic E-state index is 9.47. The molecule has 0 spiro atoms. The predicted molar refractivity (Wildman–Crippen MR) is 51.8 cm³/mol. The first-order valence-electron chi connectivity index (χ1n) is 4.16. The molecule has 1 aromatic carbocycles. The molecule has 3 heteroatoms. The van der Waals surface area contributed by atoms with E-state index < -0.39 is 0 Å². The molecule has 1 aromatic rings. The first kappa shape index (κ1) is 9.58. The number of hydrogen-bond donors (Lipinski definition) is 2. The lowest BCUT2D eigenvalue weighted by atomic mass is 10.1. The van der Waals surface area contributed by atoms with Gasteiger partial charge in [-0.25, -0.2) is 0 Å². The zero-order valence-electron chi connectivity index (χ0n) is 7.79. The molecule has 0 heterocycles. The number of rotatable bonds is 3. The monoisotopic (exact) mass is 179 g/mol. The van der Waals surface area contributed by atoms with Gasteiger partial charge in [-0.05, 0) is 26.0 Å². The molecule has 0 atom stereocenters. The third-order valence-corrected chi connectivity index (χ3v) is 1.68. The van der Waals surface area contributed by atoms with E-state index in [2.05, 4.69) is 0 Å². The second kappa shape index (κ2) is 3.94. The minimum absolute atomic E-state index is 0.0958. The number of benzene rings is 1. The molecule has 0 aliphatic carbocycles. The van der Waals surface area contributed by atoms with E-state index in [0.29, 0.717) is 23.6 Å². The molecule has 0 aromatic heterocycles. The van der Waals surface area contributed by atoms with Gasteiger partial charge in [0.05, 0.1) is 6.61 Å². The zero-order chi connectivity index (χ0) is 9.84. The van der Waals surface area contributed by atoms with Crippen LogP contribution in [0.15, 0.2) is 18.2 Å². The third kappa shape index (κ3) is 2.21. The fraction of sp³-hybridized carbons (Fsp3) is 0.300. The first-order chi connectivity index (χ1) is 6.15. The van der Waals surface area contributed by atoms with Gasteiger partial charge in [-0.2, -0.15) is 0 Å². The van der Waals surface area contributed by atoms with Crippen molar-refractivity contribution in [3.63, 3.8) is 0 Å². The molecular formula is C10H13NO2. The van der Waals surface area contributed by atoms with Crippen LogP contribution in [-0.2, 0) is 0 Å². The van der Waals surface area contributed by atoms with E-state index in [9.17, 15) is 5.11 Å². The zero-order valence-corrected chi connectivity index (χ0v) is 7.79. The molecule has 13 heavy (non-hydrogen) atoms. The second-order valence-electron chi connectivity index (χ2n) is 2.74. The van der Waals surface area contributed by atoms with Crippen molar-refractivity contribution in [3.8, 4) is 11.5 Å². The Bertz CT molecular complexity index is 321. The number of phenolic OH excluding ortho intramolecular Hbond substituents is 1. The lowest BCUT2D eigenvalue weighted by molar-refractivity contribution is 0.337. The predicted octanol–water partition coefficient (Wildman–Crippen LogP) is 2.18.